The molecule has 0 atom stereocenters. The minimum atomic E-state index is -0.260. The molecule has 0 fully saturated rings. The lowest BCUT2D eigenvalue weighted by Crippen LogP contribution is -1.92. The van der Waals surface area contributed by atoms with E-state index in [1.54, 1.807) is 0 Å². The van der Waals surface area contributed by atoms with Gasteiger partial charge in [-0.25, -0.2) is 14.2 Å². The highest BCUT2D eigenvalue weighted by Crippen LogP contribution is 2.41. The van der Waals surface area contributed by atoms with E-state index in [4.69, 9.17) is 11.6 Å². The lowest BCUT2D eigenvalue weighted by molar-refractivity contribution is 0.628. The van der Waals surface area contributed by atoms with Crippen LogP contribution >= 0.6 is 0 Å². The minimum absolute atomic E-state index is 0.260. The number of nitrogens with zero attached hydrogens (tertiary/aromatic N) is 2. The average molecular weight is 703 g/mol. The van der Waals surface area contributed by atoms with Gasteiger partial charge in [0.2, 0.25) is 0 Å². The maximum atomic E-state index is 13.9. The van der Waals surface area contributed by atoms with Crippen molar-refractivity contribution < 1.29 is 4.39 Å². The summed E-state index contributed by atoms with van der Waals surface area (Å²) in [5, 5.41) is 8.04. The fourth-order valence-electron chi connectivity index (χ4n) is 8.09. The number of para-hydroxylation sites is 1. The van der Waals surface area contributed by atoms with Crippen LogP contribution in [0.5, 0.6) is 0 Å². The molecule has 256 valence electrons. The summed E-state index contributed by atoms with van der Waals surface area (Å²) in [6, 6.07) is 64.3. The first-order chi connectivity index (χ1) is 27.1. The third-order valence-electron chi connectivity index (χ3n) is 10.8. The van der Waals surface area contributed by atoms with E-state index in [0.29, 0.717) is 5.69 Å². The molecular formula is C52H31FN2. The minimum Gasteiger partial charge on any atom is -0.247 e. The van der Waals surface area contributed by atoms with Crippen LogP contribution in [-0.4, -0.2) is 4.98 Å². The lowest BCUT2D eigenvalue weighted by atomic mass is 9.89. The summed E-state index contributed by atoms with van der Waals surface area (Å²) in [5.41, 5.74) is 12.6. The van der Waals surface area contributed by atoms with Crippen LogP contribution in [0.3, 0.4) is 0 Å². The third-order valence-corrected chi connectivity index (χ3v) is 10.8. The molecule has 10 rings (SSSR count). The van der Waals surface area contributed by atoms with Gasteiger partial charge in [0.15, 0.2) is 5.69 Å². The van der Waals surface area contributed by atoms with Crippen LogP contribution < -0.4 is 0 Å². The highest BCUT2D eigenvalue weighted by atomic mass is 19.1. The van der Waals surface area contributed by atoms with E-state index >= 15 is 0 Å². The highest BCUT2D eigenvalue weighted by Gasteiger charge is 2.16. The topological polar surface area (TPSA) is 17.2 Å². The molecule has 0 spiro atoms. The molecule has 55 heavy (non-hydrogen) atoms. The number of benzene rings is 9. The monoisotopic (exact) mass is 702 g/mol. The number of fused-ring (bicyclic) bond motifs is 6. The zero-order chi connectivity index (χ0) is 36.9. The summed E-state index contributed by atoms with van der Waals surface area (Å²) in [7, 11) is 0. The van der Waals surface area contributed by atoms with Crippen molar-refractivity contribution >= 4 is 48.9 Å². The van der Waals surface area contributed by atoms with Crippen molar-refractivity contribution in [3.63, 3.8) is 0 Å². The smallest absolute Gasteiger partial charge is 0.187 e. The number of rotatable bonds is 5. The highest BCUT2D eigenvalue weighted by molar-refractivity contribution is 6.24. The Balaban J connectivity index is 1.03. The first-order valence-corrected chi connectivity index (χ1v) is 18.3. The normalized spacial score (nSPS) is 11.3. The molecule has 0 bridgehead atoms. The van der Waals surface area contributed by atoms with E-state index in [0.717, 1.165) is 66.1 Å². The number of hydrogen-bond donors (Lipinski definition) is 0. The van der Waals surface area contributed by atoms with Gasteiger partial charge in [-0.3, -0.25) is 0 Å². The van der Waals surface area contributed by atoms with E-state index in [9.17, 15) is 4.39 Å². The summed E-state index contributed by atoms with van der Waals surface area (Å²) in [5.74, 6) is -0.260. The molecule has 1 aromatic heterocycles. The zero-order valence-electron chi connectivity index (χ0n) is 29.7. The first kappa shape index (κ1) is 32.3. The Labute approximate surface area is 318 Å². The van der Waals surface area contributed by atoms with E-state index in [1.807, 2.05) is 42.5 Å². The maximum Gasteiger partial charge on any atom is 0.187 e. The molecule has 2 nitrogen and oxygen atoms in total. The summed E-state index contributed by atoms with van der Waals surface area (Å²) in [6.07, 6.45) is 0. The van der Waals surface area contributed by atoms with Gasteiger partial charge in [0, 0.05) is 21.7 Å². The molecule has 0 aliphatic heterocycles. The number of pyridine rings is 1. The van der Waals surface area contributed by atoms with Crippen molar-refractivity contribution in [2.24, 2.45) is 0 Å². The molecule has 3 heteroatoms. The SMILES string of the molecule is [C-]#[N+]c1ccc(-c2ccc(-c3ccc(-c4ccc(-c5cccc6c5ccc5c(-c7ccc(F)cc7)nc7ccccc7c56)cc4)c4ccccc34)cc2)cc1. The number of hydrogen-bond acceptors (Lipinski definition) is 1. The van der Waals surface area contributed by atoms with Crippen molar-refractivity contribution in [3.05, 3.63) is 205 Å². The lowest BCUT2D eigenvalue weighted by Gasteiger charge is -2.15. The van der Waals surface area contributed by atoms with E-state index in [-0.39, 0.29) is 5.82 Å². The number of aromatic nitrogens is 1. The molecule has 1 heterocycles. The molecule has 0 N–H and O–H groups in total. The molecule has 0 saturated heterocycles. The van der Waals surface area contributed by atoms with Crippen LogP contribution in [0.15, 0.2) is 188 Å². The quantitative estimate of drug-likeness (QED) is 0.129. The maximum absolute atomic E-state index is 13.9. The van der Waals surface area contributed by atoms with Gasteiger partial charge in [-0.05, 0) is 96.4 Å². The Hall–Kier alpha value is -7.41. The van der Waals surface area contributed by atoms with Gasteiger partial charge >= 0.3 is 0 Å². The third kappa shape index (κ3) is 5.60. The second-order valence-corrected chi connectivity index (χ2v) is 13.9. The van der Waals surface area contributed by atoms with Gasteiger partial charge in [0.1, 0.15) is 5.82 Å². The standard InChI is InChI=1S/C52H31FN2/c1-54-40-27-23-34(24-28-40)33-13-15-36(16-14-33)42-29-30-43(45-8-3-2-7-44(42)45)37-19-17-35(18-20-37)41-10-6-11-47-46(41)31-32-49-51(47)48-9-4-5-12-50(48)55-52(49)38-21-25-39(53)26-22-38/h2-32H. The van der Waals surface area contributed by atoms with Crippen LogP contribution in [0.2, 0.25) is 0 Å². The van der Waals surface area contributed by atoms with E-state index < -0.39 is 0 Å². The molecule has 0 unspecified atom stereocenters. The zero-order valence-corrected chi connectivity index (χ0v) is 29.7. The van der Waals surface area contributed by atoms with Crippen LogP contribution in [-0.2, 0) is 0 Å². The van der Waals surface area contributed by atoms with Crippen LogP contribution in [0.1, 0.15) is 0 Å². The molecule has 0 aliphatic carbocycles. The second-order valence-electron chi connectivity index (χ2n) is 13.9. The summed E-state index contributed by atoms with van der Waals surface area (Å²) >= 11 is 0. The fraction of sp³-hybridized carbons (Fsp3) is 0. The van der Waals surface area contributed by atoms with Crippen LogP contribution in [0.25, 0.3) is 104 Å². The van der Waals surface area contributed by atoms with Gasteiger partial charge in [0.05, 0.1) is 17.8 Å². The largest absolute Gasteiger partial charge is 0.247 e. The first-order valence-electron chi connectivity index (χ1n) is 18.3. The fourth-order valence-corrected chi connectivity index (χ4v) is 8.09. The summed E-state index contributed by atoms with van der Waals surface area (Å²) in [4.78, 5) is 8.58. The van der Waals surface area contributed by atoms with E-state index in [2.05, 4.69) is 138 Å². The molecule has 0 saturated carbocycles. The Morgan fingerprint density at radius 1 is 0.364 bits per heavy atom. The Kier molecular flexibility index (Phi) is 7.75. The van der Waals surface area contributed by atoms with Gasteiger partial charge in [0.25, 0.3) is 0 Å². The number of halogens is 1. The van der Waals surface area contributed by atoms with Crippen LogP contribution in [0.4, 0.5) is 10.1 Å². The average Bonchev–Trinajstić information content (AvgIpc) is 3.26. The predicted molar refractivity (Wildman–Crippen MR) is 228 cm³/mol. The van der Waals surface area contributed by atoms with Crippen molar-refractivity contribution in [1.82, 2.24) is 4.98 Å². The molecule has 0 radical (unpaired) electrons. The molecule has 0 aliphatic rings. The van der Waals surface area contributed by atoms with Gasteiger partial charge < -0.3 is 0 Å². The van der Waals surface area contributed by atoms with Crippen molar-refractivity contribution in [2.75, 3.05) is 0 Å². The van der Waals surface area contributed by atoms with Gasteiger partial charge in [-0.2, -0.15) is 0 Å². The van der Waals surface area contributed by atoms with Crippen LogP contribution in [0, 0.1) is 12.4 Å². The predicted octanol–water partition coefficient (Wildman–Crippen LogP) is 14.7. The molecular weight excluding hydrogens is 672 g/mol. The van der Waals surface area contributed by atoms with Crippen molar-refractivity contribution in [2.45, 2.75) is 0 Å². The van der Waals surface area contributed by atoms with Gasteiger partial charge in [-0.1, -0.05) is 158 Å². The van der Waals surface area contributed by atoms with Gasteiger partial charge in [-0.15, -0.1) is 0 Å². The molecule has 0 amide bonds. The summed E-state index contributed by atoms with van der Waals surface area (Å²) < 4.78 is 13.9. The van der Waals surface area contributed by atoms with Crippen molar-refractivity contribution in [1.29, 1.82) is 0 Å². The second kappa shape index (κ2) is 13.2. The Morgan fingerprint density at radius 3 is 1.42 bits per heavy atom. The van der Waals surface area contributed by atoms with E-state index in [1.165, 1.54) is 45.0 Å². The Bertz CT molecular complexity index is 3120. The Morgan fingerprint density at radius 2 is 0.818 bits per heavy atom. The summed E-state index contributed by atoms with van der Waals surface area (Å²) in [6.45, 7) is 7.24. The molecule has 9 aromatic carbocycles. The molecule has 10 aromatic rings. The van der Waals surface area contributed by atoms with Crippen molar-refractivity contribution in [3.8, 4) is 55.8 Å².